The van der Waals surface area contributed by atoms with E-state index in [2.05, 4.69) is 16.9 Å². The summed E-state index contributed by atoms with van der Waals surface area (Å²) >= 11 is 0. The zero-order chi connectivity index (χ0) is 6.53. The molecular weight excluding hydrogens is 112 g/mol. The van der Waals surface area contributed by atoms with Crippen LogP contribution in [0.2, 0.25) is 0 Å². The van der Waals surface area contributed by atoms with Crippen LogP contribution in [0.4, 0.5) is 0 Å². The first-order chi connectivity index (χ1) is 4.39. The van der Waals surface area contributed by atoms with Gasteiger partial charge in [0.15, 0.2) is 0 Å². The first-order valence-electron chi connectivity index (χ1n) is 3.38. The highest BCUT2D eigenvalue weighted by Crippen LogP contribution is 1.99. The van der Waals surface area contributed by atoms with Crippen molar-refractivity contribution < 1.29 is 0 Å². The van der Waals surface area contributed by atoms with Gasteiger partial charge >= 0.3 is 0 Å². The van der Waals surface area contributed by atoms with E-state index in [4.69, 9.17) is 0 Å². The molecule has 0 radical (unpaired) electrons. The van der Waals surface area contributed by atoms with Gasteiger partial charge in [0.25, 0.3) is 0 Å². The zero-order valence-electron chi connectivity index (χ0n) is 5.75. The molecule has 2 heteroatoms. The SMILES string of the molecule is CC1C=NCC=NCC1. The molecule has 0 spiro atoms. The summed E-state index contributed by atoms with van der Waals surface area (Å²) in [5.41, 5.74) is 0. The van der Waals surface area contributed by atoms with E-state index in [1.54, 1.807) is 0 Å². The molecule has 1 unspecified atom stereocenters. The molecular formula is C7H12N2. The highest BCUT2D eigenvalue weighted by Gasteiger charge is 1.96. The van der Waals surface area contributed by atoms with E-state index in [0.717, 1.165) is 19.5 Å². The molecule has 1 rings (SSSR count). The summed E-state index contributed by atoms with van der Waals surface area (Å²) in [6, 6.07) is 0. The third kappa shape index (κ3) is 2.40. The normalized spacial score (nSPS) is 27.4. The van der Waals surface area contributed by atoms with Crippen molar-refractivity contribution in [3.05, 3.63) is 0 Å². The van der Waals surface area contributed by atoms with Crippen LogP contribution in [0.15, 0.2) is 9.98 Å². The predicted molar refractivity (Wildman–Crippen MR) is 40.5 cm³/mol. The zero-order valence-corrected chi connectivity index (χ0v) is 5.75. The van der Waals surface area contributed by atoms with Crippen LogP contribution in [-0.4, -0.2) is 25.5 Å². The number of hydrogen-bond donors (Lipinski definition) is 0. The Kier molecular flexibility index (Phi) is 2.43. The van der Waals surface area contributed by atoms with Crippen LogP contribution in [0, 0.1) is 5.92 Å². The second-order valence-corrected chi connectivity index (χ2v) is 2.37. The van der Waals surface area contributed by atoms with Gasteiger partial charge in [0.2, 0.25) is 0 Å². The largest absolute Gasteiger partial charge is 0.296 e. The van der Waals surface area contributed by atoms with Gasteiger partial charge in [-0.25, -0.2) is 0 Å². The first-order valence-corrected chi connectivity index (χ1v) is 3.38. The molecule has 0 aromatic rings. The standard InChI is InChI=1S/C7H12N2/c1-7-2-3-8-4-5-9-6-7/h4,6-7H,2-3,5H2,1H3. The molecule has 1 heterocycles. The quantitative estimate of drug-likeness (QED) is 0.463. The van der Waals surface area contributed by atoms with Gasteiger partial charge in [-0.1, -0.05) is 6.92 Å². The second kappa shape index (κ2) is 3.38. The number of rotatable bonds is 0. The van der Waals surface area contributed by atoms with E-state index in [1.165, 1.54) is 0 Å². The maximum atomic E-state index is 4.14. The summed E-state index contributed by atoms with van der Waals surface area (Å²) in [5.74, 6) is 0.613. The van der Waals surface area contributed by atoms with Crippen molar-refractivity contribution in [3.63, 3.8) is 0 Å². The van der Waals surface area contributed by atoms with E-state index >= 15 is 0 Å². The number of aliphatic imine (C=N–C) groups is 2. The molecule has 0 saturated heterocycles. The van der Waals surface area contributed by atoms with Gasteiger partial charge in [-0.05, 0) is 12.3 Å². The highest BCUT2D eigenvalue weighted by molar-refractivity contribution is 5.67. The molecule has 0 saturated carbocycles. The van der Waals surface area contributed by atoms with Gasteiger partial charge in [-0.3, -0.25) is 9.98 Å². The summed E-state index contributed by atoms with van der Waals surface area (Å²) in [6.07, 6.45) is 5.04. The van der Waals surface area contributed by atoms with Gasteiger partial charge in [0.1, 0.15) is 0 Å². The number of hydrogen-bond acceptors (Lipinski definition) is 2. The van der Waals surface area contributed by atoms with Gasteiger partial charge in [-0.15, -0.1) is 0 Å². The topological polar surface area (TPSA) is 24.7 Å². The van der Waals surface area contributed by atoms with Crippen molar-refractivity contribution in [2.45, 2.75) is 13.3 Å². The van der Waals surface area contributed by atoms with E-state index in [-0.39, 0.29) is 0 Å². The van der Waals surface area contributed by atoms with E-state index in [1.807, 2.05) is 12.4 Å². The maximum Gasteiger partial charge on any atom is 0.0734 e. The molecule has 1 aliphatic heterocycles. The Bertz CT molecular complexity index is 127. The second-order valence-electron chi connectivity index (χ2n) is 2.37. The van der Waals surface area contributed by atoms with Crippen LogP contribution < -0.4 is 0 Å². The Balaban J connectivity index is 2.40. The Hall–Kier alpha value is -0.660. The fourth-order valence-corrected chi connectivity index (χ4v) is 0.790. The lowest BCUT2D eigenvalue weighted by atomic mass is 10.1. The van der Waals surface area contributed by atoms with Crippen molar-refractivity contribution >= 4 is 12.4 Å². The average molecular weight is 124 g/mol. The molecule has 2 nitrogen and oxygen atoms in total. The van der Waals surface area contributed by atoms with E-state index < -0.39 is 0 Å². The lowest BCUT2D eigenvalue weighted by Gasteiger charge is -2.03. The predicted octanol–water partition coefficient (Wildman–Crippen LogP) is 1.17. The van der Waals surface area contributed by atoms with Crippen LogP contribution in [0.5, 0.6) is 0 Å². The molecule has 9 heavy (non-hydrogen) atoms. The van der Waals surface area contributed by atoms with Crippen LogP contribution in [0.1, 0.15) is 13.3 Å². The maximum absolute atomic E-state index is 4.14. The molecule has 0 aromatic heterocycles. The summed E-state index contributed by atoms with van der Waals surface area (Å²) in [4.78, 5) is 8.28. The smallest absolute Gasteiger partial charge is 0.0734 e. The van der Waals surface area contributed by atoms with Crippen LogP contribution in [0.3, 0.4) is 0 Å². The van der Waals surface area contributed by atoms with Crippen molar-refractivity contribution in [2.75, 3.05) is 13.1 Å². The van der Waals surface area contributed by atoms with Crippen LogP contribution in [0.25, 0.3) is 0 Å². The van der Waals surface area contributed by atoms with Crippen LogP contribution >= 0.6 is 0 Å². The minimum Gasteiger partial charge on any atom is -0.296 e. The Morgan fingerprint density at radius 2 is 2.33 bits per heavy atom. The monoisotopic (exact) mass is 124 g/mol. The van der Waals surface area contributed by atoms with Crippen LogP contribution in [-0.2, 0) is 0 Å². The molecule has 0 N–H and O–H groups in total. The molecule has 1 atom stereocenters. The minimum atomic E-state index is 0.613. The minimum absolute atomic E-state index is 0.613. The van der Waals surface area contributed by atoms with Gasteiger partial charge in [-0.2, -0.15) is 0 Å². The van der Waals surface area contributed by atoms with Crippen molar-refractivity contribution in [2.24, 2.45) is 15.9 Å². The molecule has 50 valence electrons. The molecule has 0 amide bonds. The molecule has 0 bridgehead atoms. The third-order valence-corrected chi connectivity index (χ3v) is 1.39. The highest BCUT2D eigenvalue weighted by atomic mass is 14.8. The fourth-order valence-electron chi connectivity index (χ4n) is 0.790. The summed E-state index contributed by atoms with van der Waals surface area (Å²) in [5, 5.41) is 0. The fraction of sp³-hybridized carbons (Fsp3) is 0.714. The van der Waals surface area contributed by atoms with Crippen molar-refractivity contribution in [1.82, 2.24) is 0 Å². The lowest BCUT2D eigenvalue weighted by Crippen LogP contribution is -2.02. The van der Waals surface area contributed by atoms with Gasteiger partial charge in [0.05, 0.1) is 6.54 Å². The Morgan fingerprint density at radius 1 is 1.44 bits per heavy atom. The third-order valence-electron chi connectivity index (χ3n) is 1.39. The van der Waals surface area contributed by atoms with Crippen molar-refractivity contribution in [1.29, 1.82) is 0 Å². The summed E-state index contributed by atoms with van der Waals surface area (Å²) in [7, 11) is 0. The molecule has 1 aliphatic rings. The van der Waals surface area contributed by atoms with Crippen molar-refractivity contribution in [3.8, 4) is 0 Å². The Morgan fingerprint density at radius 3 is 3.22 bits per heavy atom. The molecule has 0 fully saturated rings. The summed E-state index contributed by atoms with van der Waals surface area (Å²) < 4.78 is 0. The Labute approximate surface area is 55.7 Å². The molecule has 0 aliphatic carbocycles. The van der Waals surface area contributed by atoms with Gasteiger partial charge < -0.3 is 0 Å². The average Bonchev–Trinajstić information content (AvgIpc) is 1.79. The summed E-state index contributed by atoms with van der Waals surface area (Å²) in [6.45, 7) is 3.90. The molecule has 0 aromatic carbocycles. The van der Waals surface area contributed by atoms with E-state index in [9.17, 15) is 0 Å². The lowest BCUT2D eigenvalue weighted by molar-refractivity contribution is 0.701. The number of nitrogens with zero attached hydrogens (tertiary/aromatic N) is 2. The van der Waals surface area contributed by atoms with Gasteiger partial charge in [0, 0.05) is 19.0 Å². The first kappa shape index (κ1) is 6.46. The van der Waals surface area contributed by atoms with E-state index in [0.29, 0.717) is 5.92 Å².